The average Bonchev–Trinajstić information content (AvgIpc) is 2.86. The Bertz CT molecular complexity index is 1350. The number of hydroxylamine groups is 1. The van der Waals surface area contributed by atoms with Gasteiger partial charge in [-0.05, 0) is 34.9 Å². The normalized spacial score (nSPS) is 10.4. The van der Waals surface area contributed by atoms with Crippen LogP contribution in [0.1, 0.15) is 21.5 Å². The highest BCUT2D eigenvalue weighted by Gasteiger charge is 2.17. The third-order valence-electron chi connectivity index (χ3n) is 5.22. The molecule has 0 bridgehead atoms. The maximum absolute atomic E-state index is 13.5. The minimum Gasteiger partial charge on any atom is -0.303 e. The van der Waals surface area contributed by atoms with E-state index in [2.05, 4.69) is 6.07 Å². The number of rotatable bonds is 5. The number of hydrogen-bond donors (Lipinski definition) is 2. The van der Waals surface area contributed by atoms with Gasteiger partial charge in [-0.1, -0.05) is 72.8 Å². The quantitative estimate of drug-likeness (QED) is 0.373. The number of aromatic nitrogens is 1. The smallest absolute Gasteiger partial charge is 0.274 e. The highest BCUT2D eigenvalue weighted by atomic mass is 16.5. The van der Waals surface area contributed by atoms with Crippen LogP contribution >= 0.6 is 0 Å². The maximum atomic E-state index is 13.5. The van der Waals surface area contributed by atoms with Crippen molar-refractivity contribution in [2.24, 2.45) is 0 Å². The first kappa shape index (κ1) is 20.8. The Morgan fingerprint density at radius 1 is 0.906 bits per heavy atom. The summed E-state index contributed by atoms with van der Waals surface area (Å²) in [6, 6.07) is 29.4. The summed E-state index contributed by atoms with van der Waals surface area (Å²) in [6.07, 6.45) is 0. The summed E-state index contributed by atoms with van der Waals surface area (Å²) in [5.41, 5.74) is 5.27. The van der Waals surface area contributed by atoms with Crippen molar-refractivity contribution in [2.45, 2.75) is 6.54 Å². The molecule has 4 rings (SSSR count). The number of pyridine rings is 1. The lowest BCUT2D eigenvalue weighted by Crippen LogP contribution is -2.26. The zero-order chi connectivity index (χ0) is 22.5. The standard InChI is InChI=1S/C26H19N3O3/c27-16-23-22(19-7-3-1-4-8-19)15-24(20-9-5-2-6-10-20)29(26(23)31)17-18-11-13-21(14-12-18)25(30)28-32/h1-15,32H,17H2,(H,28,30). The third-order valence-corrected chi connectivity index (χ3v) is 5.22. The van der Waals surface area contributed by atoms with E-state index in [1.165, 1.54) is 0 Å². The molecule has 0 aliphatic carbocycles. The monoisotopic (exact) mass is 421 g/mol. The van der Waals surface area contributed by atoms with Gasteiger partial charge in [-0.2, -0.15) is 5.26 Å². The summed E-state index contributed by atoms with van der Waals surface area (Å²) in [6.45, 7) is 0.216. The number of benzene rings is 3. The fraction of sp³-hybridized carbons (Fsp3) is 0.0385. The van der Waals surface area contributed by atoms with Crippen molar-refractivity contribution in [1.82, 2.24) is 10.0 Å². The van der Waals surface area contributed by atoms with Crippen LogP contribution in [-0.4, -0.2) is 15.7 Å². The van der Waals surface area contributed by atoms with E-state index in [-0.39, 0.29) is 17.7 Å². The molecule has 0 saturated carbocycles. The zero-order valence-corrected chi connectivity index (χ0v) is 17.0. The van der Waals surface area contributed by atoms with Crippen molar-refractivity contribution in [3.05, 3.63) is 118 Å². The molecule has 0 radical (unpaired) electrons. The van der Waals surface area contributed by atoms with Gasteiger partial charge in [0, 0.05) is 11.1 Å². The van der Waals surface area contributed by atoms with Crippen LogP contribution in [0.3, 0.4) is 0 Å². The van der Waals surface area contributed by atoms with Crippen molar-refractivity contribution in [1.29, 1.82) is 5.26 Å². The lowest BCUT2D eigenvalue weighted by atomic mass is 9.98. The van der Waals surface area contributed by atoms with E-state index in [9.17, 15) is 14.9 Å². The second-order valence-corrected chi connectivity index (χ2v) is 7.19. The molecule has 1 amide bonds. The first-order valence-electron chi connectivity index (χ1n) is 9.94. The first-order valence-corrected chi connectivity index (χ1v) is 9.94. The summed E-state index contributed by atoms with van der Waals surface area (Å²) in [5.74, 6) is -0.613. The summed E-state index contributed by atoms with van der Waals surface area (Å²) in [5, 5.41) is 18.6. The Balaban J connectivity index is 1.89. The number of carbonyl (C=O) groups is 1. The van der Waals surface area contributed by atoms with E-state index < -0.39 is 5.91 Å². The Morgan fingerprint density at radius 2 is 1.50 bits per heavy atom. The molecule has 0 fully saturated rings. The fourth-order valence-electron chi connectivity index (χ4n) is 3.61. The molecular formula is C26H19N3O3. The fourth-order valence-corrected chi connectivity index (χ4v) is 3.61. The molecule has 1 aromatic heterocycles. The minimum atomic E-state index is -0.613. The molecule has 0 saturated heterocycles. The van der Waals surface area contributed by atoms with Gasteiger partial charge in [-0.25, -0.2) is 5.48 Å². The number of nitriles is 1. The number of amides is 1. The van der Waals surface area contributed by atoms with Crippen LogP contribution < -0.4 is 11.0 Å². The van der Waals surface area contributed by atoms with Crippen molar-refractivity contribution in [3.8, 4) is 28.5 Å². The van der Waals surface area contributed by atoms with Crippen molar-refractivity contribution in [3.63, 3.8) is 0 Å². The van der Waals surface area contributed by atoms with Crippen molar-refractivity contribution >= 4 is 5.91 Å². The molecule has 1 heterocycles. The Morgan fingerprint density at radius 3 is 2.06 bits per heavy atom. The summed E-state index contributed by atoms with van der Waals surface area (Å²) in [7, 11) is 0. The molecule has 156 valence electrons. The topological polar surface area (TPSA) is 95.1 Å². The Hall–Kier alpha value is -4.47. The minimum absolute atomic E-state index is 0.0761. The van der Waals surface area contributed by atoms with Gasteiger partial charge in [0.25, 0.3) is 11.5 Å². The second kappa shape index (κ2) is 9.13. The van der Waals surface area contributed by atoms with Crippen molar-refractivity contribution < 1.29 is 10.0 Å². The first-order chi connectivity index (χ1) is 15.6. The maximum Gasteiger partial charge on any atom is 0.274 e. The summed E-state index contributed by atoms with van der Waals surface area (Å²) < 4.78 is 1.57. The van der Waals surface area contributed by atoms with E-state index in [4.69, 9.17) is 5.21 Å². The van der Waals surface area contributed by atoms with Crippen LogP contribution in [0, 0.1) is 11.3 Å². The van der Waals surface area contributed by atoms with Gasteiger partial charge < -0.3 is 4.57 Å². The number of carbonyl (C=O) groups excluding carboxylic acids is 1. The van der Waals surface area contributed by atoms with Crippen LogP contribution in [0.4, 0.5) is 0 Å². The molecule has 0 aliphatic heterocycles. The number of nitrogens with one attached hydrogen (secondary N) is 1. The van der Waals surface area contributed by atoms with Crippen LogP contribution in [-0.2, 0) is 6.54 Å². The van der Waals surface area contributed by atoms with Crippen LogP contribution in [0.15, 0.2) is 95.8 Å². The SMILES string of the molecule is N#Cc1c(-c2ccccc2)cc(-c2ccccc2)n(Cc2ccc(C(=O)NO)cc2)c1=O. The van der Waals surface area contributed by atoms with E-state index in [1.807, 2.05) is 66.7 Å². The van der Waals surface area contributed by atoms with Gasteiger partial charge >= 0.3 is 0 Å². The molecule has 32 heavy (non-hydrogen) atoms. The van der Waals surface area contributed by atoms with E-state index in [0.29, 0.717) is 16.8 Å². The van der Waals surface area contributed by atoms with Crippen molar-refractivity contribution in [2.75, 3.05) is 0 Å². The molecule has 0 unspecified atom stereocenters. The van der Waals surface area contributed by atoms with Gasteiger partial charge in [0.1, 0.15) is 11.6 Å². The lowest BCUT2D eigenvalue weighted by Gasteiger charge is -2.17. The Labute approximate surface area is 184 Å². The molecule has 0 spiro atoms. The van der Waals surface area contributed by atoms with Gasteiger partial charge in [-0.3, -0.25) is 14.8 Å². The van der Waals surface area contributed by atoms with E-state index in [0.717, 1.165) is 16.7 Å². The van der Waals surface area contributed by atoms with E-state index >= 15 is 0 Å². The molecular weight excluding hydrogens is 402 g/mol. The van der Waals surface area contributed by atoms with Gasteiger partial charge in [-0.15, -0.1) is 0 Å². The molecule has 3 aromatic carbocycles. The molecule has 6 heteroatoms. The van der Waals surface area contributed by atoms with E-state index in [1.54, 1.807) is 34.3 Å². The van der Waals surface area contributed by atoms with Gasteiger partial charge in [0.05, 0.1) is 12.2 Å². The summed E-state index contributed by atoms with van der Waals surface area (Å²) >= 11 is 0. The van der Waals surface area contributed by atoms with Crippen LogP contribution in [0.2, 0.25) is 0 Å². The molecule has 0 atom stereocenters. The average molecular weight is 421 g/mol. The van der Waals surface area contributed by atoms with Crippen LogP contribution in [0.25, 0.3) is 22.4 Å². The predicted octanol–water partition coefficient (Wildman–Crippen LogP) is 4.22. The van der Waals surface area contributed by atoms with Gasteiger partial charge in [0.15, 0.2) is 0 Å². The number of hydrogen-bond acceptors (Lipinski definition) is 4. The predicted molar refractivity (Wildman–Crippen MR) is 121 cm³/mol. The highest BCUT2D eigenvalue weighted by molar-refractivity contribution is 5.93. The zero-order valence-electron chi connectivity index (χ0n) is 17.0. The lowest BCUT2D eigenvalue weighted by molar-refractivity contribution is 0.0706. The molecule has 4 aromatic rings. The second-order valence-electron chi connectivity index (χ2n) is 7.19. The molecule has 0 aliphatic rings. The third kappa shape index (κ3) is 4.06. The Kier molecular flexibility index (Phi) is 5.93. The largest absolute Gasteiger partial charge is 0.303 e. The molecule has 2 N–H and O–H groups in total. The highest BCUT2D eigenvalue weighted by Crippen LogP contribution is 2.28. The van der Waals surface area contributed by atoms with Gasteiger partial charge in [0.2, 0.25) is 0 Å². The number of nitrogens with zero attached hydrogens (tertiary/aromatic N) is 2. The van der Waals surface area contributed by atoms with Crippen LogP contribution in [0.5, 0.6) is 0 Å². The molecule has 6 nitrogen and oxygen atoms in total. The summed E-state index contributed by atoms with van der Waals surface area (Å²) in [4.78, 5) is 25.0.